The number of anilines is 3. The molecule has 3 aliphatic heterocycles. The Bertz CT molecular complexity index is 3330. The number of hydrogen-bond donors (Lipinski definition) is 3. The van der Waals surface area contributed by atoms with Gasteiger partial charge in [-0.2, -0.15) is 0 Å². The third-order valence-corrected chi connectivity index (χ3v) is 19.8. The third kappa shape index (κ3) is 19.4. The van der Waals surface area contributed by atoms with E-state index in [0.717, 1.165) is 128 Å². The predicted octanol–water partition coefficient (Wildman–Crippen LogP) is 12.5. The fourth-order valence-electron chi connectivity index (χ4n) is 13.7. The van der Waals surface area contributed by atoms with Crippen molar-refractivity contribution in [1.82, 2.24) is 40.5 Å². The number of piperidine rings is 3. The molecule has 0 saturated carbocycles. The van der Waals surface area contributed by atoms with Crippen LogP contribution in [0, 0.1) is 16.2 Å². The van der Waals surface area contributed by atoms with Gasteiger partial charge in [-0.05, 0) is 138 Å². The Morgan fingerprint density at radius 2 is 0.848 bits per heavy atom. The minimum atomic E-state index is -0.520. The summed E-state index contributed by atoms with van der Waals surface area (Å²) in [6.45, 7) is 29.9. The molecule has 2 amide bonds. The second-order valence-electron chi connectivity index (χ2n) is 27.8. The molecule has 92 heavy (non-hydrogen) atoms. The zero-order chi connectivity index (χ0) is 64.6. The molecule has 3 aliphatic carbocycles. The first-order valence-corrected chi connectivity index (χ1v) is 35.5. The first-order valence-electron chi connectivity index (χ1n) is 32.0. The molecule has 6 aromatic rings. The number of halogens is 1. The molecule has 12 rings (SSSR count). The van der Waals surface area contributed by atoms with Crippen LogP contribution < -0.4 is 60.6 Å². The van der Waals surface area contributed by atoms with Crippen LogP contribution in [0.2, 0.25) is 0 Å². The van der Waals surface area contributed by atoms with Crippen LogP contribution in [0.15, 0.2) is 125 Å². The van der Waals surface area contributed by atoms with Gasteiger partial charge in [0, 0.05) is 76.8 Å². The Balaban J connectivity index is 0.000000189. The standard InChI is InChI=1S/C25H34N4O2S.C22H28N4O2S.C20H26N4S.C3H7I.CH4.Na/c1-17(2)32-21-16-26-20(15-27-21)29-12-10-25(11-13-29)14-18-8-6-7-9-19(18)22(25)28-23(30)31-24(3,4)5;1-21(2,3)28-20(27)25-19-16-7-5-4-6-15(16)12-22(19)8-10-26(11-9-22)17-13-24-18(29)14-23-17;1-14(2)25-18-13-22-17(12-23-18)24-9-7-20(8-10-24)11-15-5-3-4-6-16(15)19(20)21;1-3(2)4;;/h6-9,15-17,22H,10-14H2,1-5H3,(H,28,30);4-7,13-14,19H,8-12H2,1-3H3,(H,24,29)(H,25,27);3-6,12-14,19H,7-11,21H2,1-2H3;3H,1-2H3;1H4;/q;;;;;+1/p-1/t22-;2*19-;;;/m111.../s1. The van der Waals surface area contributed by atoms with E-state index >= 15 is 0 Å². The number of rotatable bonds is 9. The molecule has 3 spiro atoms. The Morgan fingerprint density at radius 1 is 0.533 bits per heavy atom. The molecule has 21 heteroatoms. The van der Waals surface area contributed by atoms with Gasteiger partial charge in [-0.1, -0.05) is 149 Å². The molecular formula is C71H98IN12NaO4S3. The monoisotopic (exact) mass is 1430 g/mol. The number of carbonyl (C=O) groups excluding carboxylic acids is 2. The zero-order valence-corrected chi connectivity index (χ0v) is 62.4. The van der Waals surface area contributed by atoms with Gasteiger partial charge in [0.25, 0.3) is 0 Å². The summed E-state index contributed by atoms with van der Waals surface area (Å²) in [5.41, 5.74) is 13.7. The molecule has 16 nitrogen and oxygen atoms in total. The number of fused-ring (bicyclic) bond motifs is 3. The number of alkyl carbamates (subject to hydrolysis) is 2. The number of alkyl halides is 1. The topological polar surface area (TPSA) is 190 Å². The Labute approximate surface area is 598 Å². The molecule has 0 bridgehead atoms. The summed E-state index contributed by atoms with van der Waals surface area (Å²) in [7, 11) is 0. The molecule has 4 N–H and O–H groups in total. The van der Waals surface area contributed by atoms with Crippen molar-refractivity contribution in [2.24, 2.45) is 22.0 Å². The number of nitrogens with one attached hydrogen (secondary N) is 2. The maximum Gasteiger partial charge on any atom is 1.00 e. The van der Waals surface area contributed by atoms with Crippen LogP contribution in [-0.2, 0) is 41.4 Å². The largest absolute Gasteiger partial charge is 1.00 e. The van der Waals surface area contributed by atoms with Crippen molar-refractivity contribution < 1.29 is 48.6 Å². The summed E-state index contributed by atoms with van der Waals surface area (Å²) in [6, 6.07) is 25.7. The van der Waals surface area contributed by atoms with Gasteiger partial charge in [-0.15, -0.1) is 23.5 Å². The molecule has 3 saturated heterocycles. The summed E-state index contributed by atoms with van der Waals surface area (Å²) in [4.78, 5) is 59.3. The minimum absolute atomic E-state index is 0. The zero-order valence-electron chi connectivity index (χ0n) is 55.8. The molecule has 3 fully saturated rings. The van der Waals surface area contributed by atoms with E-state index in [1.807, 2.05) is 72.4 Å². The Kier molecular flexibility index (Phi) is 26.4. The van der Waals surface area contributed by atoms with Crippen molar-refractivity contribution in [3.8, 4) is 0 Å². The van der Waals surface area contributed by atoms with Crippen LogP contribution in [0.3, 0.4) is 0 Å². The number of aromatic nitrogens is 6. The van der Waals surface area contributed by atoms with Crippen LogP contribution in [0.1, 0.15) is 181 Å². The van der Waals surface area contributed by atoms with Gasteiger partial charge >= 0.3 is 41.7 Å². The maximum atomic E-state index is 12.7. The second-order valence-corrected chi connectivity index (χ2v) is 33.9. The summed E-state index contributed by atoms with van der Waals surface area (Å²) in [6.07, 6.45) is 19.5. The van der Waals surface area contributed by atoms with E-state index in [1.54, 1.807) is 35.9 Å². The SMILES string of the molecule is C.CC(C)(C)OC(=O)N[C@@H]1c2ccccc2CC12CCN(c1cnc([S-])cn1)CC2.CC(C)I.CC(C)Sc1cnc(N2CCC3(CC2)Cc2ccccc2[C@H]3N)cn1.CC(C)Sc1cnc(N2CCC3(CC2)Cc2ccccc2[C@H]3NC(=O)OC(C)(C)C)cn1.[Na+]. The van der Waals surface area contributed by atoms with Crippen LogP contribution >= 0.6 is 46.1 Å². The Hall–Kier alpha value is -4.55. The first kappa shape index (κ1) is 74.8. The molecular weight excluding hydrogens is 1330 g/mol. The number of nitrogens with zero attached hydrogens (tertiary/aromatic N) is 9. The van der Waals surface area contributed by atoms with Crippen molar-refractivity contribution in [3.05, 3.63) is 143 Å². The molecule has 492 valence electrons. The van der Waals surface area contributed by atoms with Crippen LogP contribution in [0.25, 0.3) is 0 Å². The van der Waals surface area contributed by atoms with Crippen LogP contribution in [-0.4, -0.2) is 107 Å². The summed E-state index contributed by atoms with van der Waals surface area (Å²) >= 11 is 10.9. The molecule has 6 aliphatic rings. The van der Waals surface area contributed by atoms with E-state index < -0.39 is 11.2 Å². The number of hydrogen-bond acceptors (Lipinski definition) is 17. The number of nitrogens with two attached hydrogens (primary N) is 1. The number of amides is 2. The van der Waals surface area contributed by atoms with Crippen molar-refractivity contribution in [2.45, 2.75) is 207 Å². The normalized spacial score (nSPS) is 19.6. The quantitative estimate of drug-likeness (QED) is 0.0407. The van der Waals surface area contributed by atoms with Gasteiger partial charge in [0.15, 0.2) is 0 Å². The van der Waals surface area contributed by atoms with Gasteiger partial charge in [-0.3, -0.25) is 4.98 Å². The third-order valence-electron chi connectivity index (χ3n) is 17.8. The summed E-state index contributed by atoms with van der Waals surface area (Å²) in [5.74, 6) is 2.78. The van der Waals surface area contributed by atoms with E-state index in [-0.39, 0.29) is 83.5 Å². The van der Waals surface area contributed by atoms with Gasteiger partial charge < -0.3 is 53.2 Å². The number of ether oxygens (including phenoxy) is 2. The molecule has 3 aromatic carbocycles. The average molecular weight is 1430 g/mol. The van der Waals surface area contributed by atoms with Crippen molar-refractivity contribution in [3.63, 3.8) is 0 Å². The molecule has 0 radical (unpaired) electrons. The smallest absolute Gasteiger partial charge is 0.759 e. The fraction of sp³-hybridized carbons (Fsp3) is 0.549. The first-order chi connectivity index (χ1) is 42.7. The van der Waals surface area contributed by atoms with Gasteiger partial charge in [-0.25, -0.2) is 34.5 Å². The fourth-order valence-corrected chi connectivity index (χ4v) is 15.2. The van der Waals surface area contributed by atoms with E-state index in [4.69, 9.17) is 27.8 Å². The molecule has 3 aromatic heterocycles. The van der Waals surface area contributed by atoms with E-state index in [0.29, 0.717) is 15.5 Å². The van der Waals surface area contributed by atoms with Crippen molar-refractivity contribution in [2.75, 3.05) is 54.0 Å². The Morgan fingerprint density at radius 3 is 1.16 bits per heavy atom. The van der Waals surface area contributed by atoms with Crippen molar-refractivity contribution >= 4 is 88.4 Å². The molecule has 6 heterocycles. The maximum absolute atomic E-state index is 12.7. The van der Waals surface area contributed by atoms with E-state index in [1.165, 1.54) is 33.4 Å². The number of benzene rings is 3. The molecule has 0 unspecified atom stereocenters. The number of carbonyl (C=O) groups is 2. The average Bonchev–Trinajstić information content (AvgIpc) is 1.61. The van der Waals surface area contributed by atoms with Crippen LogP contribution in [0.4, 0.5) is 27.0 Å². The van der Waals surface area contributed by atoms with E-state index in [2.05, 4.69) is 186 Å². The van der Waals surface area contributed by atoms with Crippen LogP contribution in [0.5, 0.6) is 0 Å². The van der Waals surface area contributed by atoms with Gasteiger partial charge in [0.1, 0.15) is 38.7 Å². The van der Waals surface area contributed by atoms with Gasteiger partial charge in [0.05, 0.1) is 43.1 Å². The van der Waals surface area contributed by atoms with Gasteiger partial charge in [0.2, 0.25) is 0 Å². The summed E-state index contributed by atoms with van der Waals surface area (Å²) < 4.78 is 12.0. The number of thioether (sulfide) groups is 2. The predicted molar refractivity (Wildman–Crippen MR) is 383 cm³/mol. The minimum Gasteiger partial charge on any atom is -0.759 e. The van der Waals surface area contributed by atoms with Crippen molar-refractivity contribution in [1.29, 1.82) is 0 Å². The second kappa shape index (κ2) is 32.5. The molecule has 3 atom stereocenters. The summed E-state index contributed by atoms with van der Waals surface area (Å²) in [5, 5.41) is 9.91. The van der Waals surface area contributed by atoms with E-state index in [9.17, 15) is 9.59 Å².